The van der Waals surface area contributed by atoms with Crippen LogP contribution in [0.2, 0.25) is 0 Å². The maximum Gasteiger partial charge on any atom is 0.156 e. The first kappa shape index (κ1) is 14.3. The number of nitrogens with two attached hydrogens (primary N) is 1. The van der Waals surface area contributed by atoms with E-state index in [2.05, 4.69) is 0 Å². The first-order valence-electron chi connectivity index (χ1n) is 5.84. The Kier molecular flexibility index (Phi) is 4.38. The SMILES string of the molecule is CC(C)(C)S(=O)(=O)CCn1cccc1CCN. The number of hydrogen-bond acceptors (Lipinski definition) is 3. The van der Waals surface area contributed by atoms with E-state index in [1.165, 1.54) is 0 Å². The van der Waals surface area contributed by atoms with Gasteiger partial charge in [-0.1, -0.05) is 0 Å². The normalized spacial score (nSPS) is 12.9. The van der Waals surface area contributed by atoms with E-state index < -0.39 is 14.6 Å². The Morgan fingerprint density at radius 3 is 2.53 bits per heavy atom. The van der Waals surface area contributed by atoms with Gasteiger partial charge in [0, 0.05) is 18.4 Å². The smallest absolute Gasteiger partial charge is 0.156 e. The lowest BCUT2D eigenvalue weighted by atomic mass is 10.3. The second-order valence-electron chi connectivity index (χ2n) is 5.16. The highest BCUT2D eigenvalue weighted by Gasteiger charge is 2.28. The second kappa shape index (κ2) is 5.23. The highest BCUT2D eigenvalue weighted by Crippen LogP contribution is 2.16. The van der Waals surface area contributed by atoms with Crippen molar-refractivity contribution in [1.82, 2.24) is 4.57 Å². The highest BCUT2D eigenvalue weighted by atomic mass is 32.2. The maximum atomic E-state index is 12.0. The molecule has 0 bridgehead atoms. The van der Waals surface area contributed by atoms with Gasteiger partial charge in [0.05, 0.1) is 10.5 Å². The third-order valence-corrected chi connectivity index (χ3v) is 5.44. The van der Waals surface area contributed by atoms with Crippen LogP contribution >= 0.6 is 0 Å². The minimum atomic E-state index is -3.06. The van der Waals surface area contributed by atoms with Crippen LogP contribution in [-0.2, 0) is 22.8 Å². The molecule has 1 rings (SSSR count). The Morgan fingerprint density at radius 1 is 1.35 bits per heavy atom. The van der Waals surface area contributed by atoms with E-state index in [-0.39, 0.29) is 5.75 Å². The zero-order valence-corrected chi connectivity index (χ0v) is 11.6. The molecule has 98 valence electrons. The van der Waals surface area contributed by atoms with Crippen molar-refractivity contribution in [2.24, 2.45) is 5.73 Å². The molecule has 1 heterocycles. The summed E-state index contributed by atoms with van der Waals surface area (Å²) in [6.45, 7) is 6.29. The van der Waals surface area contributed by atoms with E-state index in [0.717, 1.165) is 12.1 Å². The van der Waals surface area contributed by atoms with Crippen LogP contribution < -0.4 is 5.73 Å². The summed E-state index contributed by atoms with van der Waals surface area (Å²) < 4.78 is 25.2. The molecule has 0 saturated heterocycles. The third kappa shape index (κ3) is 3.57. The summed E-state index contributed by atoms with van der Waals surface area (Å²) in [7, 11) is -3.06. The Labute approximate surface area is 104 Å². The largest absolute Gasteiger partial charge is 0.350 e. The molecule has 1 aromatic rings. The molecule has 0 amide bonds. The van der Waals surface area contributed by atoms with Gasteiger partial charge in [-0.15, -0.1) is 0 Å². The standard InChI is InChI=1S/C12H22N2O2S/c1-12(2,3)17(15,16)10-9-14-8-4-5-11(14)6-7-13/h4-5,8H,6-7,9-10,13H2,1-3H3. The summed E-state index contributed by atoms with van der Waals surface area (Å²) in [6, 6.07) is 3.91. The maximum absolute atomic E-state index is 12.0. The van der Waals surface area contributed by atoms with Crippen molar-refractivity contribution in [1.29, 1.82) is 0 Å². The van der Waals surface area contributed by atoms with Crippen LogP contribution in [-0.4, -0.2) is 30.0 Å². The molecule has 0 radical (unpaired) electrons. The van der Waals surface area contributed by atoms with Crippen LogP contribution in [0.1, 0.15) is 26.5 Å². The molecule has 0 spiro atoms. The van der Waals surface area contributed by atoms with Gasteiger partial charge < -0.3 is 10.3 Å². The molecule has 0 aromatic carbocycles. The van der Waals surface area contributed by atoms with Crippen LogP contribution in [0.5, 0.6) is 0 Å². The number of sulfone groups is 1. The Hall–Kier alpha value is -0.810. The fourth-order valence-corrected chi connectivity index (χ4v) is 2.62. The van der Waals surface area contributed by atoms with Crippen molar-refractivity contribution in [3.05, 3.63) is 24.0 Å². The van der Waals surface area contributed by atoms with Gasteiger partial charge in [-0.05, 0) is 45.9 Å². The molecule has 0 unspecified atom stereocenters. The molecule has 0 saturated carbocycles. The molecule has 0 aliphatic carbocycles. The van der Waals surface area contributed by atoms with Gasteiger partial charge in [0.15, 0.2) is 9.84 Å². The zero-order chi connectivity index (χ0) is 13.1. The van der Waals surface area contributed by atoms with Gasteiger partial charge in [0.2, 0.25) is 0 Å². The summed E-state index contributed by atoms with van der Waals surface area (Å²) in [5.74, 6) is 0.169. The molecule has 4 nitrogen and oxygen atoms in total. The van der Waals surface area contributed by atoms with E-state index >= 15 is 0 Å². The first-order valence-corrected chi connectivity index (χ1v) is 7.49. The van der Waals surface area contributed by atoms with Gasteiger partial charge in [-0.2, -0.15) is 0 Å². The molecular formula is C12H22N2O2S. The summed E-state index contributed by atoms with van der Waals surface area (Å²) in [4.78, 5) is 0. The monoisotopic (exact) mass is 258 g/mol. The van der Waals surface area contributed by atoms with Crippen molar-refractivity contribution in [2.45, 2.75) is 38.5 Å². The Bertz CT molecular complexity index is 455. The predicted molar refractivity (Wildman–Crippen MR) is 70.7 cm³/mol. The van der Waals surface area contributed by atoms with Crippen LogP contribution in [0, 0.1) is 0 Å². The van der Waals surface area contributed by atoms with Crippen molar-refractivity contribution in [3.8, 4) is 0 Å². The highest BCUT2D eigenvalue weighted by molar-refractivity contribution is 7.92. The lowest BCUT2D eigenvalue weighted by molar-refractivity contribution is 0.552. The van der Waals surface area contributed by atoms with Crippen molar-refractivity contribution in [2.75, 3.05) is 12.3 Å². The van der Waals surface area contributed by atoms with Gasteiger partial charge >= 0.3 is 0 Å². The van der Waals surface area contributed by atoms with Crippen molar-refractivity contribution in [3.63, 3.8) is 0 Å². The lowest BCUT2D eigenvalue weighted by Crippen LogP contribution is -2.32. The van der Waals surface area contributed by atoms with E-state index in [0.29, 0.717) is 13.1 Å². The quantitative estimate of drug-likeness (QED) is 0.863. The second-order valence-corrected chi connectivity index (χ2v) is 8.03. The number of nitrogens with zero attached hydrogens (tertiary/aromatic N) is 1. The minimum Gasteiger partial charge on any atom is -0.350 e. The molecule has 0 atom stereocenters. The van der Waals surface area contributed by atoms with Crippen molar-refractivity contribution >= 4 is 9.84 Å². The molecule has 17 heavy (non-hydrogen) atoms. The van der Waals surface area contributed by atoms with Crippen LogP contribution in [0.4, 0.5) is 0 Å². The van der Waals surface area contributed by atoms with Crippen LogP contribution in [0.25, 0.3) is 0 Å². The van der Waals surface area contributed by atoms with Gasteiger partial charge in [0.25, 0.3) is 0 Å². The third-order valence-electron chi connectivity index (χ3n) is 2.86. The summed E-state index contributed by atoms with van der Waals surface area (Å²) >= 11 is 0. The first-order chi connectivity index (χ1) is 7.78. The summed E-state index contributed by atoms with van der Waals surface area (Å²) in [5, 5.41) is 0. The molecule has 2 N–H and O–H groups in total. The fourth-order valence-electron chi connectivity index (χ4n) is 1.57. The summed E-state index contributed by atoms with van der Waals surface area (Å²) in [6.07, 6.45) is 2.69. The topological polar surface area (TPSA) is 65.1 Å². The Morgan fingerprint density at radius 2 is 2.00 bits per heavy atom. The zero-order valence-electron chi connectivity index (χ0n) is 10.8. The molecule has 0 aliphatic rings. The number of aryl methyl sites for hydroxylation is 1. The van der Waals surface area contributed by atoms with E-state index in [1.54, 1.807) is 20.8 Å². The average molecular weight is 258 g/mol. The van der Waals surface area contributed by atoms with Crippen LogP contribution in [0.15, 0.2) is 18.3 Å². The average Bonchev–Trinajstić information content (AvgIpc) is 2.61. The van der Waals surface area contributed by atoms with Gasteiger partial charge in [-0.25, -0.2) is 8.42 Å². The number of aromatic nitrogens is 1. The number of hydrogen-bond donors (Lipinski definition) is 1. The van der Waals surface area contributed by atoms with Gasteiger partial charge in [0.1, 0.15) is 0 Å². The van der Waals surface area contributed by atoms with Crippen LogP contribution in [0.3, 0.4) is 0 Å². The van der Waals surface area contributed by atoms with E-state index in [9.17, 15) is 8.42 Å². The summed E-state index contributed by atoms with van der Waals surface area (Å²) in [5.41, 5.74) is 6.60. The van der Waals surface area contributed by atoms with E-state index in [1.807, 2.05) is 22.9 Å². The fraction of sp³-hybridized carbons (Fsp3) is 0.667. The Balaban J connectivity index is 2.71. The molecule has 0 fully saturated rings. The predicted octanol–water partition coefficient (Wildman–Crippen LogP) is 1.20. The number of rotatable bonds is 5. The molecule has 1 aromatic heterocycles. The van der Waals surface area contributed by atoms with Gasteiger partial charge in [-0.3, -0.25) is 0 Å². The van der Waals surface area contributed by atoms with Crippen molar-refractivity contribution < 1.29 is 8.42 Å². The lowest BCUT2D eigenvalue weighted by Gasteiger charge is -2.19. The molecule has 0 aliphatic heterocycles. The minimum absolute atomic E-state index is 0.169. The molecule has 5 heteroatoms. The van der Waals surface area contributed by atoms with E-state index in [4.69, 9.17) is 5.73 Å². The molecular weight excluding hydrogens is 236 g/mol.